The summed E-state index contributed by atoms with van der Waals surface area (Å²) in [7, 11) is 0. The zero-order valence-electron chi connectivity index (χ0n) is 6.79. The summed E-state index contributed by atoms with van der Waals surface area (Å²) in [5.41, 5.74) is 0. The van der Waals surface area contributed by atoms with E-state index in [-0.39, 0.29) is 0 Å². The van der Waals surface area contributed by atoms with Crippen molar-refractivity contribution in [2.75, 3.05) is 0 Å². The molecule has 0 saturated heterocycles. The van der Waals surface area contributed by atoms with Crippen molar-refractivity contribution in [1.82, 2.24) is 9.97 Å². The van der Waals surface area contributed by atoms with Crippen LogP contribution in [-0.4, -0.2) is 29.5 Å². The van der Waals surface area contributed by atoms with Gasteiger partial charge in [0.15, 0.2) is 0 Å². The molecule has 0 radical (unpaired) electrons. The van der Waals surface area contributed by atoms with Crippen LogP contribution in [0, 0.1) is 0 Å². The molecule has 0 saturated carbocycles. The van der Waals surface area contributed by atoms with Gasteiger partial charge in [-0.2, -0.15) is 0 Å². The number of hydrogen-bond acceptors (Lipinski definition) is 4. The van der Waals surface area contributed by atoms with E-state index in [1.54, 1.807) is 24.2 Å². The van der Waals surface area contributed by atoms with Crippen LogP contribution in [-0.2, 0) is 0 Å². The van der Waals surface area contributed by atoms with Crippen LogP contribution >= 0.6 is 23.5 Å². The number of hydrogen-bond donors (Lipinski definition) is 0. The van der Waals surface area contributed by atoms with Crippen molar-refractivity contribution >= 4 is 38.5 Å². The Morgan fingerprint density at radius 3 is 3.00 bits per heavy atom. The Labute approximate surface area is 92.2 Å². The molecule has 1 aromatic rings. The van der Waals surface area contributed by atoms with E-state index in [0.29, 0.717) is 19.5 Å². The van der Waals surface area contributed by atoms with E-state index in [9.17, 15) is 0 Å². The average Bonchev–Trinajstić information content (AvgIpc) is 2.21. The standard InChI is InChI=1S/C8H8N2S2Se/c1-2-9-8(10-3-1)12-7-6-13-5-4-11-7/h1-5,7H,6H2. The Hall–Kier alpha value is 0.0395. The first kappa shape index (κ1) is 9.59. The zero-order chi connectivity index (χ0) is 8.93. The molecule has 0 amide bonds. The molecule has 2 heterocycles. The van der Waals surface area contributed by atoms with Crippen LogP contribution < -0.4 is 0 Å². The predicted molar refractivity (Wildman–Crippen MR) is 59.0 cm³/mol. The Morgan fingerprint density at radius 2 is 2.31 bits per heavy atom. The van der Waals surface area contributed by atoms with Gasteiger partial charge in [-0.3, -0.25) is 0 Å². The average molecular weight is 275 g/mol. The molecule has 13 heavy (non-hydrogen) atoms. The van der Waals surface area contributed by atoms with Crippen LogP contribution in [0.4, 0.5) is 0 Å². The van der Waals surface area contributed by atoms with Crippen molar-refractivity contribution in [1.29, 1.82) is 0 Å². The molecular weight excluding hydrogens is 267 g/mol. The third kappa shape index (κ3) is 3.02. The first-order chi connectivity index (χ1) is 6.45. The van der Waals surface area contributed by atoms with E-state index in [0.717, 1.165) is 5.16 Å². The van der Waals surface area contributed by atoms with Gasteiger partial charge >= 0.3 is 92.3 Å². The van der Waals surface area contributed by atoms with E-state index >= 15 is 0 Å². The van der Waals surface area contributed by atoms with Crippen LogP contribution in [0.2, 0.25) is 5.32 Å². The number of rotatable bonds is 2. The molecule has 1 atom stereocenters. The van der Waals surface area contributed by atoms with E-state index in [1.807, 2.05) is 17.8 Å². The normalized spacial score (nSPS) is 21.7. The molecule has 1 aromatic heterocycles. The van der Waals surface area contributed by atoms with E-state index in [2.05, 4.69) is 20.4 Å². The molecule has 1 aliphatic heterocycles. The quantitative estimate of drug-likeness (QED) is 0.610. The van der Waals surface area contributed by atoms with E-state index in [4.69, 9.17) is 0 Å². The van der Waals surface area contributed by atoms with Gasteiger partial charge in [-0.15, -0.1) is 0 Å². The summed E-state index contributed by atoms with van der Waals surface area (Å²) < 4.78 is 0.618. The molecule has 2 rings (SSSR count). The molecule has 2 nitrogen and oxygen atoms in total. The maximum absolute atomic E-state index is 4.19. The van der Waals surface area contributed by atoms with Gasteiger partial charge in [0.2, 0.25) is 0 Å². The SMILES string of the molecule is C1=C[Se]CC(Sc2ncccn2)S1. The van der Waals surface area contributed by atoms with Crippen molar-refractivity contribution in [2.45, 2.75) is 15.1 Å². The van der Waals surface area contributed by atoms with Gasteiger partial charge < -0.3 is 0 Å². The number of nitrogens with zero attached hydrogens (tertiary/aromatic N) is 2. The monoisotopic (exact) mass is 276 g/mol. The molecule has 0 bridgehead atoms. The van der Waals surface area contributed by atoms with Crippen LogP contribution in [0.1, 0.15) is 0 Å². The third-order valence-electron chi connectivity index (χ3n) is 1.39. The predicted octanol–water partition coefficient (Wildman–Crippen LogP) is 2.24. The summed E-state index contributed by atoms with van der Waals surface area (Å²) in [6.45, 7) is 0. The summed E-state index contributed by atoms with van der Waals surface area (Å²) in [4.78, 5) is 10.7. The minimum atomic E-state index is 0.618. The molecule has 68 valence electrons. The molecule has 0 aliphatic carbocycles. The Balaban J connectivity index is 1.94. The van der Waals surface area contributed by atoms with Crippen molar-refractivity contribution in [3.63, 3.8) is 0 Å². The summed E-state index contributed by atoms with van der Waals surface area (Å²) in [5.74, 6) is 0. The molecule has 0 fully saturated rings. The van der Waals surface area contributed by atoms with Crippen LogP contribution in [0.3, 0.4) is 0 Å². The Bertz CT molecular complexity index is 291. The summed E-state index contributed by atoms with van der Waals surface area (Å²) in [6.07, 6.45) is 3.59. The van der Waals surface area contributed by atoms with E-state index < -0.39 is 0 Å². The molecular formula is C8H8N2S2Se. The van der Waals surface area contributed by atoms with Gasteiger partial charge in [0.05, 0.1) is 0 Å². The molecule has 1 unspecified atom stereocenters. The van der Waals surface area contributed by atoms with Gasteiger partial charge in [-0.05, 0) is 0 Å². The van der Waals surface area contributed by atoms with E-state index in [1.165, 1.54) is 5.32 Å². The van der Waals surface area contributed by atoms with Crippen LogP contribution in [0.15, 0.2) is 34.0 Å². The third-order valence-corrected chi connectivity index (χ3v) is 6.76. The molecule has 1 aliphatic rings. The minimum absolute atomic E-state index is 0.618. The van der Waals surface area contributed by atoms with Crippen molar-refractivity contribution in [3.8, 4) is 0 Å². The van der Waals surface area contributed by atoms with Crippen LogP contribution in [0.5, 0.6) is 0 Å². The van der Waals surface area contributed by atoms with Gasteiger partial charge in [0, 0.05) is 0 Å². The summed E-state index contributed by atoms with van der Waals surface area (Å²) in [5, 5.41) is 4.37. The fraction of sp³-hybridized carbons (Fsp3) is 0.250. The molecule has 0 spiro atoms. The molecule has 5 heteroatoms. The summed E-state index contributed by atoms with van der Waals surface area (Å²) in [6, 6.07) is 1.85. The molecule has 0 aromatic carbocycles. The topological polar surface area (TPSA) is 25.8 Å². The maximum atomic E-state index is 4.19. The summed E-state index contributed by atoms with van der Waals surface area (Å²) >= 11 is 4.32. The van der Waals surface area contributed by atoms with Crippen molar-refractivity contribution in [3.05, 3.63) is 28.8 Å². The fourth-order valence-corrected chi connectivity index (χ4v) is 5.67. The van der Waals surface area contributed by atoms with Gasteiger partial charge in [0.1, 0.15) is 0 Å². The second-order valence-electron chi connectivity index (χ2n) is 2.32. The Morgan fingerprint density at radius 1 is 1.46 bits per heavy atom. The second-order valence-corrected chi connectivity index (χ2v) is 6.87. The van der Waals surface area contributed by atoms with Crippen LogP contribution in [0.25, 0.3) is 0 Å². The first-order valence-corrected chi connectivity index (χ1v) is 7.83. The first-order valence-electron chi connectivity index (χ1n) is 3.81. The zero-order valence-corrected chi connectivity index (χ0v) is 10.1. The number of thioether (sulfide) groups is 2. The molecule has 0 N–H and O–H groups in total. The number of aromatic nitrogens is 2. The fourth-order valence-electron chi connectivity index (χ4n) is 0.858. The van der Waals surface area contributed by atoms with Crippen molar-refractivity contribution < 1.29 is 0 Å². The second kappa shape index (κ2) is 5.05. The Kier molecular flexibility index (Phi) is 3.73. The van der Waals surface area contributed by atoms with Gasteiger partial charge in [-0.1, -0.05) is 0 Å². The van der Waals surface area contributed by atoms with Crippen molar-refractivity contribution in [2.24, 2.45) is 0 Å². The van der Waals surface area contributed by atoms with Gasteiger partial charge in [-0.25, -0.2) is 0 Å². The van der Waals surface area contributed by atoms with Gasteiger partial charge in [0.25, 0.3) is 0 Å².